The van der Waals surface area contributed by atoms with Crippen molar-refractivity contribution in [3.63, 3.8) is 0 Å². The smallest absolute Gasteiger partial charge is 0.132 e. The van der Waals surface area contributed by atoms with E-state index in [1.54, 1.807) is 0 Å². The number of hydrogen-bond donors (Lipinski definition) is 0. The second-order valence-electron chi connectivity index (χ2n) is 5.65. The summed E-state index contributed by atoms with van der Waals surface area (Å²) in [6.45, 7) is 4.56. The van der Waals surface area contributed by atoms with Gasteiger partial charge in [0.2, 0.25) is 0 Å². The molecule has 2 aromatic carbocycles. The lowest BCUT2D eigenvalue weighted by Crippen LogP contribution is -1.96. The Hall–Kier alpha value is -2.53. The molecule has 0 fully saturated rings. The standard InChI is InChI=1S/C22H24O2/c1-3-21(23)7-5-6-18-8-10-19(11-9-18)12-13-20-14-16-22(17-15-20)24-4-2/h8-11,14-17H,3-7H2,1-2H3. The van der Waals surface area contributed by atoms with Crippen LogP contribution in [0.4, 0.5) is 0 Å². The second kappa shape index (κ2) is 9.57. The first kappa shape index (κ1) is 17.8. The van der Waals surface area contributed by atoms with Crippen LogP contribution in [0.3, 0.4) is 0 Å². The van der Waals surface area contributed by atoms with E-state index in [-0.39, 0.29) is 0 Å². The summed E-state index contributed by atoms with van der Waals surface area (Å²) in [5.74, 6) is 7.55. The average Bonchev–Trinajstić information content (AvgIpc) is 2.62. The Bertz CT molecular complexity index is 700. The molecule has 0 saturated heterocycles. The Kier molecular flexibility index (Phi) is 7.11. The summed E-state index contributed by atoms with van der Waals surface area (Å²) >= 11 is 0. The number of carbonyl (C=O) groups is 1. The van der Waals surface area contributed by atoms with E-state index in [1.165, 1.54) is 5.56 Å². The molecular formula is C22H24O2. The Morgan fingerprint density at radius 3 is 2.04 bits per heavy atom. The van der Waals surface area contributed by atoms with Gasteiger partial charge in [-0.3, -0.25) is 4.79 Å². The van der Waals surface area contributed by atoms with E-state index in [0.717, 1.165) is 29.7 Å². The van der Waals surface area contributed by atoms with E-state index in [2.05, 4.69) is 24.0 Å². The normalized spacial score (nSPS) is 9.92. The van der Waals surface area contributed by atoms with Gasteiger partial charge in [-0.2, -0.15) is 0 Å². The van der Waals surface area contributed by atoms with Gasteiger partial charge in [-0.05, 0) is 61.7 Å². The Balaban J connectivity index is 1.90. The van der Waals surface area contributed by atoms with Crippen LogP contribution in [0.1, 0.15) is 49.8 Å². The van der Waals surface area contributed by atoms with Gasteiger partial charge in [-0.15, -0.1) is 0 Å². The SMILES string of the molecule is CCOc1ccc(C#Cc2ccc(CCCC(=O)CC)cc2)cc1. The van der Waals surface area contributed by atoms with Crippen LogP contribution in [0.25, 0.3) is 0 Å². The molecule has 0 unspecified atom stereocenters. The van der Waals surface area contributed by atoms with Crippen LogP contribution in [-0.2, 0) is 11.2 Å². The van der Waals surface area contributed by atoms with Gasteiger partial charge in [0, 0.05) is 24.0 Å². The van der Waals surface area contributed by atoms with Crippen molar-refractivity contribution in [3.05, 3.63) is 65.2 Å². The molecule has 0 N–H and O–H groups in total. The lowest BCUT2D eigenvalue weighted by atomic mass is 10.0. The van der Waals surface area contributed by atoms with Crippen LogP contribution in [0.5, 0.6) is 5.75 Å². The number of aryl methyl sites for hydroxylation is 1. The van der Waals surface area contributed by atoms with Crippen LogP contribution in [-0.4, -0.2) is 12.4 Å². The fraction of sp³-hybridized carbons (Fsp3) is 0.318. The third kappa shape index (κ3) is 5.93. The van der Waals surface area contributed by atoms with Gasteiger partial charge in [0.1, 0.15) is 11.5 Å². The molecule has 2 aromatic rings. The van der Waals surface area contributed by atoms with Crippen LogP contribution < -0.4 is 4.74 Å². The van der Waals surface area contributed by atoms with Crippen molar-refractivity contribution in [3.8, 4) is 17.6 Å². The lowest BCUT2D eigenvalue weighted by Gasteiger charge is -2.01. The predicted molar refractivity (Wildman–Crippen MR) is 98.3 cm³/mol. The number of carbonyl (C=O) groups excluding carboxylic acids is 1. The number of ether oxygens (including phenoxy) is 1. The number of benzene rings is 2. The van der Waals surface area contributed by atoms with Gasteiger partial charge in [-0.1, -0.05) is 30.9 Å². The summed E-state index contributed by atoms with van der Waals surface area (Å²) in [7, 11) is 0. The van der Waals surface area contributed by atoms with Crippen LogP contribution in [0.2, 0.25) is 0 Å². The molecule has 0 aliphatic carbocycles. The van der Waals surface area contributed by atoms with E-state index in [9.17, 15) is 4.79 Å². The molecule has 2 nitrogen and oxygen atoms in total. The zero-order valence-corrected chi connectivity index (χ0v) is 14.5. The fourth-order valence-corrected chi connectivity index (χ4v) is 2.37. The van der Waals surface area contributed by atoms with Crippen LogP contribution in [0, 0.1) is 11.8 Å². The van der Waals surface area contributed by atoms with Crippen molar-refractivity contribution in [1.29, 1.82) is 0 Å². The molecule has 0 saturated carbocycles. The van der Waals surface area contributed by atoms with Crippen molar-refractivity contribution in [2.75, 3.05) is 6.61 Å². The highest BCUT2D eigenvalue weighted by Gasteiger charge is 1.99. The third-order valence-electron chi connectivity index (χ3n) is 3.79. The van der Waals surface area contributed by atoms with Crippen molar-refractivity contribution >= 4 is 5.78 Å². The minimum atomic E-state index is 0.341. The summed E-state index contributed by atoms with van der Waals surface area (Å²) in [5.41, 5.74) is 3.23. The molecule has 0 amide bonds. The highest BCUT2D eigenvalue weighted by Crippen LogP contribution is 2.12. The van der Waals surface area contributed by atoms with Gasteiger partial charge in [0.05, 0.1) is 6.61 Å². The molecule has 0 bridgehead atoms. The summed E-state index contributed by atoms with van der Waals surface area (Å²) in [5, 5.41) is 0. The number of ketones is 1. The van der Waals surface area contributed by atoms with Gasteiger partial charge < -0.3 is 4.74 Å². The molecule has 2 rings (SSSR count). The van der Waals surface area contributed by atoms with Crippen LogP contribution in [0.15, 0.2) is 48.5 Å². The molecule has 0 aliphatic heterocycles. The summed E-state index contributed by atoms with van der Waals surface area (Å²) in [4.78, 5) is 11.3. The highest BCUT2D eigenvalue weighted by molar-refractivity contribution is 5.77. The Morgan fingerprint density at radius 1 is 0.917 bits per heavy atom. The molecular weight excluding hydrogens is 296 g/mol. The predicted octanol–water partition coefficient (Wildman–Crippen LogP) is 4.79. The topological polar surface area (TPSA) is 26.3 Å². The van der Waals surface area contributed by atoms with E-state index in [0.29, 0.717) is 25.2 Å². The van der Waals surface area contributed by atoms with Crippen LogP contribution >= 0.6 is 0 Å². The summed E-state index contributed by atoms with van der Waals surface area (Å²) in [6, 6.07) is 16.1. The van der Waals surface area contributed by atoms with E-state index < -0.39 is 0 Å². The molecule has 0 aromatic heterocycles. The molecule has 2 heteroatoms. The zero-order chi connectivity index (χ0) is 17.2. The van der Waals surface area contributed by atoms with Gasteiger partial charge in [0.25, 0.3) is 0 Å². The first-order valence-electron chi connectivity index (χ1n) is 8.56. The molecule has 0 aliphatic rings. The second-order valence-corrected chi connectivity index (χ2v) is 5.65. The van der Waals surface area contributed by atoms with Crippen molar-refractivity contribution < 1.29 is 9.53 Å². The minimum Gasteiger partial charge on any atom is -0.494 e. The number of rotatable bonds is 7. The minimum absolute atomic E-state index is 0.341. The van der Waals surface area contributed by atoms with E-state index >= 15 is 0 Å². The van der Waals surface area contributed by atoms with Crippen molar-refractivity contribution in [2.45, 2.75) is 39.5 Å². The first-order chi connectivity index (χ1) is 11.7. The van der Waals surface area contributed by atoms with Gasteiger partial charge >= 0.3 is 0 Å². The van der Waals surface area contributed by atoms with Gasteiger partial charge in [-0.25, -0.2) is 0 Å². The Morgan fingerprint density at radius 2 is 1.50 bits per heavy atom. The average molecular weight is 320 g/mol. The maximum absolute atomic E-state index is 11.3. The molecule has 0 heterocycles. The number of Topliss-reactive ketones (excluding diaryl/α,β-unsaturated/α-hetero) is 1. The third-order valence-corrected chi connectivity index (χ3v) is 3.79. The summed E-state index contributed by atoms with van der Waals surface area (Å²) in [6.07, 6.45) is 3.18. The maximum atomic E-state index is 11.3. The van der Waals surface area contributed by atoms with Crippen molar-refractivity contribution in [1.82, 2.24) is 0 Å². The highest BCUT2D eigenvalue weighted by atomic mass is 16.5. The molecule has 0 radical (unpaired) electrons. The van der Waals surface area contributed by atoms with Gasteiger partial charge in [0.15, 0.2) is 0 Å². The number of hydrogen-bond acceptors (Lipinski definition) is 2. The van der Waals surface area contributed by atoms with Crippen molar-refractivity contribution in [2.24, 2.45) is 0 Å². The largest absolute Gasteiger partial charge is 0.494 e. The van der Waals surface area contributed by atoms with E-state index in [4.69, 9.17) is 4.74 Å². The molecule has 0 atom stereocenters. The van der Waals surface area contributed by atoms with E-state index in [1.807, 2.05) is 50.2 Å². The lowest BCUT2D eigenvalue weighted by molar-refractivity contribution is -0.118. The monoisotopic (exact) mass is 320 g/mol. The maximum Gasteiger partial charge on any atom is 0.132 e. The molecule has 24 heavy (non-hydrogen) atoms. The fourth-order valence-electron chi connectivity index (χ4n) is 2.37. The summed E-state index contributed by atoms with van der Waals surface area (Å²) < 4.78 is 5.42. The quantitative estimate of drug-likeness (QED) is 0.686. The molecule has 124 valence electrons. The molecule has 0 spiro atoms. The first-order valence-corrected chi connectivity index (χ1v) is 8.56. The Labute approximate surface area is 144 Å². The zero-order valence-electron chi connectivity index (χ0n) is 14.5.